The Hall–Kier alpha value is -1.05. The summed E-state index contributed by atoms with van der Waals surface area (Å²) in [6, 6.07) is 4.84. The molecule has 1 fully saturated rings. The summed E-state index contributed by atoms with van der Waals surface area (Å²) in [6.45, 7) is 6.35. The normalized spacial score (nSPS) is 17.9. The molecule has 2 rings (SSSR count). The van der Waals surface area contributed by atoms with Crippen molar-refractivity contribution in [3.05, 3.63) is 23.5 Å². The summed E-state index contributed by atoms with van der Waals surface area (Å²) in [5, 5.41) is 3.55. The van der Waals surface area contributed by atoms with Gasteiger partial charge in [-0.25, -0.2) is 0 Å². The van der Waals surface area contributed by atoms with Crippen LogP contribution in [0.15, 0.2) is 12.1 Å². The lowest BCUT2D eigenvalue weighted by molar-refractivity contribution is 0.694. The highest BCUT2D eigenvalue weighted by atomic mass is 14.9. The van der Waals surface area contributed by atoms with Gasteiger partial charge in [0.2, 0.25) is 0 Å². The van der Waals surface area contributed by atoms with Gasteiger partial charge in [-0.3, -0.25) is 4.98 Å². The van der Waals surface area contributed by atoms with E-state index in [1.807, 2.05) is 13.8 Å². The Morgan fingerprint density at radius 1 is 1.29 bits per heavy atom. The van der Waals surface area contributed by atoms with E-state index in [0.717, 1.165) is 17.3 Å². The van der Waals surface area contributed by atoms with Crippen LogP contribution in [0.25, 0.3) is 0 Å². The van der Waals surface area contributed by atoms with E-state index < -0.39 is 0 Å². The lowest BCUT2D eigenvalue weighted by Gasteiger charge is -2.14. The van der Waals surface area contributed by atoms with Crippen molar-refractivity contribution < 1.29 is 0 Å². The number of anilines is 1. The topological polar surface area (TPSA) is 24.9 Å². The van der Waals surface area contributed by atoms with E-state index in [1.54, 1.807) is 0 Å². The van der Waals surface area contributed by atoms with E-state index >= 15 is 0 Å². The predicted molar refractivity (Wildman–Crippen MR) is 59.5 cm³/mol. The summed E-state index contributed by atoms with van der Waals surface area (Å²) in [4.78, 5) is 4.36. The van der Waals surface area contributed by atoms with Gasteiger partial charge in [0.1, 0.15) is 0 Å². The van der Waals surface area contributed by atoms with Crippen LogP contribution in [0.5, 0.6) is 0 Å². The fourth-order valence-corrected chi connectivity index (χ4v) is 1.89. The van der Waals surface area contributed by atoms with Gasteiger partial charge in [0.15, 0.2) is 0 Å². The first-order valence-electron chi connectivity index (χ1n) is 5.37. The Balaban J connectivity index is 2.07. The average molecular weight is 190 g/mol. The Kier molecular flexibility index (Phi) is 2.44. The number of nitrogens with one attached hydrogen (secondary N) is 1. The molecule has 1 unspecified atom stereocenters. The molecule has 1 atom stereocenters. The highest BCUT2D eigenvalue weighted by Crippen LogP contribution is 2.33. The van der Waals surface area contributed by atoms with E-state index in [0.29, 0.717) is 6.04 Å². The maximum Gasteiger partial charge on any atom is 0.0396 e. The minimum atomic E-state index is 0.608. The van der Waals surface area contributed by atoms with Crippen LogP contribution in [0.1, 0.15) is 31.2 Å². The average Bonchev–Trinajstić information content (AvgIpc) is 2.82. The second kappa shape index (κ2) is 3.60. The highest BCUT2D eigenvalue weighted by molar-refractivity contribution is 5.46. The monoisotopic (exact) mass is 190 g/mol. The lowest BCUT2D eigenvalue weighted by atomic mass is 10.2. The SMILES string of the molecule is Cc1cc(NC(C)C2CC2)cc(C)n1. The van der Waals surface area contributed by atoms with Crippen molar-refractivity contribution in [1.82, 2.24) is 4.98 Å². The van der Waals surface area contributed by atoms with Crippen molar-refractivity contribution in [1.29, 1.82) is 0 Å². The van der Waals surface area contributed by atoms with Gasteiger partial charge in [-0.2, -0.15) is 0 Å². The summed E-state index contributed by atoms with van der Waals surface area (Å²) >= 11 is 0. The molecule has 1 aliphatic carbocycles. The fourth-order valence-electron chi connectivity index (χ4n) is 1.89. The molecule has 0 aromatic carbocycles. The van der Waals surface area contributed by atoms with Gasteiger partial charge in [0.05, 0.1) is 0 Å². The van der Waals surface area contributed by atoms with Crippen molar-refractivity contribution in [2.24, 2.45) is 5.92 Å². The number of nitrogens with zero attached hydrogens (tertiary/aromatic N) is 1. The standard InChI is InChI=1S/C12H18N2/c1-8-6-12(7-9(2)13-8)14-10(3)11-4-5-11/h6-7,10-11H,4-5H2,1-3H3,(H,13,14). The third-order valence-electron chi connectivity index (χ3n) is 2.80. The molecule has 14 heavy (non-hydrogen) atoms. The van der Waals surface area contributed by atoms with Crippen LogP contribution in [-0.4, -0.2) is 11.0 Å². The van der Waals surface area contributed by atoms with Gasteiger partial charge in [-0.05, 0) is 51.7 Å². The van der Waals surface area contributed by atoms with E-state index in [1.165, 1.54) is 18.5 Å². The number of aryl methyl sites for hydroxylation is 2. The summed E-state index contributed by atoms with van der Waals surface area (Å²) in [5.41, 5.74) is 3.40. The number of rotatable bonds is 3. The number of pyridine rings is 1. The molecule has 0 radical (unpaired) electrons. The van der Waals surface area contributed by atoms with Crippen LogP contribution in [0.4, 0.5) is 5.69 Å². The van der Waals surface area contributed by atoms with E-state index in [9.17, 15) is 0 Å². The number of aromatic nitrogens is 1. The van der Waals surface area contributed by atoms with Crippen LogP contribution in [0, 0.1) is 19.8 Å². The molecule has 0 aliphatic heterocycles. The largest absolute Gasteiger partial charge is 0.382 e. The van der Waals surface area contributed by atoms with E-state index in [-0.39, 0.29) is 0 Å². The third-order valence-corrected chi connectivity index (χ3v) is 2.80. The molecule has 0 amide bonds. The maximum atomic E-state index is 4.36. The molecule has 1 aromatic rings. The van der Waals surface area contributed by atoms with Crippen molar-refractivity contribution in [2.75, 3.05) is 5.32 Å². The molecule has 0 bridgehead atoms. The molecular formula is C12H18N2. The molecule has 1 aromatic heterocycles. The highest BCUT2D eigenvalue weighted by Gasteiger charge is 2.27. The number of hydrogen-bond donors (Lipinski definition) is 1. The first kappa shape index (κ1) is 9.50. The van der Waals surface area contributed by atoms with Crippen molar-refractivity contribution >= 4 is 5.69 Å². The Bertz CT molecular complexity index is 309. The molecule has 1 aliphatic rings. The first-order valence-corrected chi connectivity index (χ1v) is 5.37. The second-order valence-corrected chi connectivity index (χ2v) is 4.41. The zero-order valence-electron chi connectivity index (χ0n) is 9.17. The second-order valence-electron chi connectivity index (χ2n) is 4.41. The van der Waals surface area contributed by atoms with Gasteiger partial charge in [-0.1, -0.05) is 0 Å². The van der Waals surface area contributed by atoms with Crippen LogP contribution in [0.2, 0.25) is 0 Å². The van der Waals surface area contributed by atoms with Gasteiger partial charge in [0, 0.05) is 23.1 Å². The van der Waals surface area contributed by atoms with Crippen molar-refractivity contribution in [3.63, 3.8) is 0 Å². The van der Waals surface area contributed by atoms with Gasteiger partial charge in [-0.15, -0.1) is 0 Å². The van der Waals surface area contributed by atoms with Crippen molar-refractivity contribution in [2.45, 2.75) is 39.7 Å². The van der Waals surface area contributed by atoms with Crippen molar-refractivity contribution in [3.8, 4) is 0 Å². The lowest BCUT2D eigenvalue weighted by Crippen LogP contribution is -2.17. The minimum Gasteiger partial charge on any atom is -0.382 e. The maximum absolute atomic E-state index is 4.36. The molecule has 1 saturated carbocycles. The first-order chi connectivity index (χ1) is 6.65. The molecule has 0 spiro atoms. The number of hydrogen-bond acceptors (Lipinski definition) is 2. The van der Waals surface area contributed by atoms with Gasteiger partial charge in [0.25, 0.3) is 0 Å². The van der Waals surface area contributed by atoms with Crippen LogP contribution in [-0.2, 0) is 0 Å². The Labute approximate surface area is 85.7 Å². The smallest absolute Gasteiger partial charge is 0.0396 e. The van der Waals surface area contributed by atoms with Gasteiger partial charge < -0.3 is 5.32 Å². The third kappa shape index (κ3) is 2.25. The molecule has 76 valence electrons. The summed E-state index contributed by atoms with van der Waals surface area (Å²) in [6.07, 6.45) is 2.77. The zero-order chi connectivity index (χ0) is 10.1. The molecule has 2 heteroatoms. The molecule has 1 N–H and O–H groups in total. The van der Waals surface area contributed by atoms with Crippen LogP contribution in [0.3, 0.4) is 0 Å². The molecule has 1 heterocycles. The summed E-state index contributed by atoms with van der Waals surface area (Å²) in [5.74, 6) is 0.892. The molecule has 0 saturated heterocycles. The minimum absolute atomic E-state index is 0.608. The zero-order valence-corrected chi connectivity index (χ0v) is 9.17. The Morgan fingerprint density at radius 3 is 2.36 bits per heavy atom. The van der Waals surface area contributed by atoms with Gasteiger partial charge >= 0.3 is 0 Å². The molecule has 2 nitrogen and oxygen atoms in total. The quantitative estimate of drug-likeness (QED) is 0.792. The van der Waals surface area contributed by atoms with E-state index in [2.05, 4.69) is 29.4 Å². The summed E-state index contributed by atoms with van der Waals surface area (Å²) in [7, 11) is 0. The molecular weight excluding hydrogens is 172 g/mol. The Morgan fingerprint density at radius 2 is 1.86 bits per heavy atom. The summed E-state index contributed by atoms with van der Waals surface area (Å²) < 4.78 is 0. The van der Waals surface area contributed by atoms with E-state index in [4.69, 9.17) is 0 Å². The van der Waals surface area contributed by atoms with Crippen LogP contribution >= 0.6 is 0 Å². The fraction of sp³-hybridized carbons (Fsp3) is 0.583. The predicted octanol–water partition coefficient (Wildman–Crippen LogP) is 2.91. The van der Waals surface area contributed by atoms with Crippen LogP contribution < -0.4 is 5.32 Å².